The smallest absolute Gasteiger partial charge is 0.306 e. The Bertz CT molecular complexity index is 649. The third-order valence-corrected chi connectivity index (χ3v) is 9.62. The van der Waals surface area contributed by atoms with Crippen LogP contribution in [0.3, 0.4) is 0 Å². The number of unbranched alkanes of at least 4 members (excludes halogenated alkanes) is 23. The van der Waals surface area contributed by atoms with Crippen molar-refractivity contribution >= 4 is 11.9 Å². The second-order valence-corrected chi connectivity index (χ2v) is 14.8. The Morgan fingerprint density at radius 1 is 0.500 bits per heavy atom. The van der Waals surface area contributed by atoms with Gasteiger partial charge in [0.15, 0.2) is 6.10 Å². The van der Waals surface area contributed by atoms with Crippen LogP contribution in [0, 0.1) is 11.8 Å². The second-order valence-electron chi connectivity index (χ2n) is 14.8. The Labute approximate surface area is 287 Å². The van der Waals surface area contributed by atoms with Crippen molar-refractivity contribution in [2.75, 3.05) is 13.2 Å². The number of hydrogen-bond acceptors (Lipinski definition) is 5. The Kier molecular flexibility index (Phi) is 34.4. The highest BCUT2D eigenvalue weighted by atomic mass is 16.6. The quantitative estimate of drug-likeness (QED) is 0.0538. The number of aliphatic hydroxyl groups is 1. The summed E-state index contributed by atoms with van der Waals surface area (Å²) in [6.45, 7) is 8.85. The topological polar surface area (TPSA) is 72.8 Å². The molecule has 0 bridgehead atoms. The van der Waals surface area contributed by atoms with Gasteiger partial charge in [0.1, 0.15) is 6.61 Å². The standard InChI is InChI=1S/C41H80O5/c1-5-38(4)32-28-24-20-16-14-12-10-8-6-7-9-11-13-15-17-21-26-30-34-41(44)46-39(35-42)36-45-40(43)33-29-25-22-18-19-23-27-31-37(2)3/h37-39,42H,5-36H2,1-4H3/t38?,39-/m0/s1. The van der Waals surface area contributed by atoms with Crippen LogP contribution in [0.4, 0.5) is 0 Å². The summed E-state index contributed by atoms with van der Waals surface area (Å²) < 4.78 is 10.6. The molecular formula is C41H80O5. The highest BCUT2D eigenvalue weighted by molar-refractivity contribution is 5.70. The van der Waals surface area contributed by atoms with Gasteiger partial charge in [0.05, 0.1) is 6.61 Å². The highest BCUT2D eigenvalue weighted by Crippen LogP contribution is 2.17. The van der Waals surface area contributed by atoms with Gasteiger partial charge in [0.25, 0.3) is 0 Å². The maximum atomic E-state index is 12.2. The maximum Gasteiger partial charge on any atom is 0.306 e. The van der Waals surface area contributed by atoms with E-state index in [4.69, 9.17) is 9.47 Å². The molecule has 0 heterocycles. The zero-order chi connectivity index (χ0) is 33.9. The summed E-state index contributed by atoms with van der Waals surface area (Å²) in [6.07, 6.45) is 36.0. The Morgan fingerprint density at radius 3 is 1.22 bits per heavy atom. The van der Waals surface area contributed by atoms with Crippen LogP contribution < -0.4 is 0 Å². The lowest BCUT2D eigenvalue weighted by Crippen LogP contribution is -2.28. The van der Waals surface area contributed by atoms with Crippen LogP contribution in [0.15, 0.2) is 0 Å². The molecule has 5 nitrogen and oxygen atoms in total. The number of carbonyl (C=O) groups is 2. The number of esters is 2. The lowest BCUT2D eigenvalue weighted by molar-refractivity contribution is -0.161. The minimum Gasteiger partial charge on any atom is -0.462 e. The van der Waals surface area contributed by atoms with E-state index in [2.05, 4.69) is 27.7 Å². The summed E-state index contributed by atoms with van der Waals surface area (Å²) in [4.78, 5) is 24.2. The molecular weight excluding hydrogens is 572 g/mol. The molecule has 5 heteroatoms. The summed E-state index contributed by atoms with van der Waals surface area (Å²) >= 11 is 0. The zero-order valence-corrected chi connectivity index (χ0v) is 31.4. The van der Waals surface area contributed by atoms with E-state index in [0.717, 1.165) is 50.4 Å². The van der Waals surface area contributed by atoms with Crippen molar-refractivity contribution < 1.29 is 24.2 Å². The monoisotopic (exact) mass is 653 g/mol. The molecule has 0 aliphatic carbocycles. The largest absolute Gasteiger partial charge is 0.462 e. The van der Waals surface area contributed by atoms with Crippen molar-refractivity contribution in [2.24, 2.45) is 11.8 Å². The fourth-order valence-corrected chi connectivity index (χ4v) is 6.13. The number of carbonyl (C=O) groups excluding carboxylic acids is 2. The molecule has 0 aromatic carbocycles. The predicted octanol–water partition coefficient (Wildman–Crippen LogP) is 12.4. The van der Waals surface area contributed by atoms with E-state index in [1.54, 1.807) is 0 Å². The van der Waals surface area contributed by atoms with E-state index in [-0.39, 0.29) is 25.2 Å². The van der Waals surface area contributed by atoms with E-state index < -0.39 is 6.10 Å². The second kappa shape index (κ2) is 35.2. The van der Waals surface area contributed by atoms with E-state index >= 15 is 0 Å². The Morgan fingerprint density at radius 2 is 0.848 bits per heavy atom. The lowest BCUT2D eigenvalue weighted by atomic mass is 9.99. The zero-order valence-electron chi connectivity index (χ0n) is 31.4. The number of rotatable bonds is 36. The number of hydrogen-bond donors (Lipinski definition) is 1. The fraction of sp³-hybridized carbons (Fsp3) is 0.951. The van der Waals surface area contributed by atoms with Crippen molar-refractivity contribution in [3.05, 3.63) is 0 Å². The van der Waals surface area contributed by atoms with Crippen molar-refractivity contribution in [3.8, 4) is 0 Å². The molecule has 0 spiro atoms. The fourth-order valence-electron chi connectivity index (χ4n) is 6.13. The van der Waals surface area contributed by atoms with Crippen molar-refractivity contribution in [2.45, 2.75) is 226 Å². The summed E-state index contributed by atoms with van der Waals surface area (Å²) in [5.41, 5.74) is 0. The van der Waals surface area contributed by atoms with Crippen molar-refractivity contribution in [3.63, 3.8) is 0 Å². The number of aliphatic hydroxyl groups excluding tert-OH is 1. The molecule has 1 unspecified atom stereocenters. The lowest BCUT2D eigenvalue weighted by Gasteiger charge is -2.15. The van der Waals surface area contributed by atoms with Gasteiger partial charge in [-0.15, -0.1) is 0 Å². The molecule has 0 saturated heterocycles. The number of ether oxygens (including phenoxy) is 2. The van der Waals surface area contributed by atoms with Gasteiger partial charge in [0, 0.05) is 12.8 Å². The molecule has 0 amide bonds. The molecule has 0 fully saturated rings. The van der Waals surface area contributed by atoms with Gasteiger partial charge < -0.3 is 14.6 Å². The predicted molar refractivity (Wildman–Crippen MR) is 196 cm³/mol. The van der Waals surface area contributed by atoms with Crippen molar-refractivity contribution in [1.29, 1.82) is 0 Å². The molecule has 0 aliphatic rings. The van der Waals surface area contributed by atoms with Gasteiger partial charge in [-0.3, -0.25) is 9.59 Å². The molecule has 2 atom stereocenters. The van der Waals surface area contributed by atoms with Gasteiger partial charge in [0.2, 0.25) is 0 Å². The van der Waals surface area contributed by atoms with Crippen LogP contribution in [-0.4, -0.2) is 36.4 Å². The van der Waals surface area contributed by atoms with Gasteiger partial charge in [-0.25, -0.2) is 0 Å². The Balaban J connectivity index is 3.46. The first-order valence-corrected chi connectivity index (χ1v) is 20.3. The molecule has 274 valence electrons. The SMILES string of the molecule is CCC(C)CCCCCCCCCCCCCCCCCCCCC(=O)O[C@@H](CO)COC(=O)CCCCCCCCCC(C)C. The van der Waals surface area contributed by atoms with Crippen LogP contribution >= 0.6 is 0 Å². The van der Waals surface area contributed by atoms with Crippen molar-refractivity contribution in [1.82, 2.24) is 0 Å². The van der Waals surface area contributed by atoms with Gasteiger partial charge in [-0.1, -0.05) is 195 Å². The Hall–Kier alpha value is -1.10. The maximum absolute atomic E-state index is 12.2. The summed E-state index contributed by atoms with van der Waals surface area (Å²) in [6, 6.07) is 0. The van der Waals surface area contributed by atoms with E-state index in [0.29, 0.717) is 12.8 Å². The first-order chi connectivity index (χ1) is 22.4. The minimum absolute atomic E-state index is 0.0598. The summed E-state index contributed by atoms with van der Waals surface area (Å²) in [7, 11) is 0. The third kappa shape index (κ3) is 34.2. The van der Waals surface area contributed by atoms with Crippen LogP contribution in [0.2, 0.25) is 0 Å². The summed E-state index contributed by atoms with van der Waals surface area (Å²) in [5.74, 6) is 1.13. The average Bonchev–Trinajstić information content (AvgIpc) is 3.04. The molecule has 0 aromatic rings. The van der Waals surface area contributed by atoms with E-state index in [1.807, 2.05) is 0 Å². The molecule has 0 radical (unpaired) electrons. The first-order valence-electron chi connectivity index (χ1n) is 20.3. The van der Waals surface area contributed by atoms with Crippen LogP contribution in [0.5, 0.6) is 0 Å². The van der Waals surface area contributed by atoms with Gasteiger partial charge in [-0.2, -0.15) is 0 Å². The van der Waals surface area contributed by atoms with Crippen LogP contribution in [0.25, 0.3) is 0 Å². The van der Waals surface area contributed by atoms with E-state index in [9.17, 15) is 14.7 Å². The minimum atomic E-state index is -0.763. The molecule has 0 aromatic heterocycles. The van der Waals surface area contributed by atoms with Crippen LogP contribution in [-0.2, 0) is 19.1 Å². The average molecular weight is 653 g/mol. The molecule has 0 aliphatic heterocycles. The van der Waals surface area contributed by atoms with E-state index in [1.165, 1.54) is 141 Å². The third-order valence-electron chi connectivity index (χ3n) is 9.62. The molecule has 1 N–H and O–H groups in total. The normalized spacial score (nSPS) is 12.8. The van der Waals surface area contributed by atoms with Crippen LogP contribution in [0.1, 0.15) is 220 Å². The van der Waals surface area contributed by atoms with Gasteiger partial charge >= 0.3 is 11.9 Å². The summed E-state index contributed by atoms with van der Waals surface area (Å²) in [5, 5.41) is 9.54. The first kappa shape index (κ1) is 44.9. The molecule has 0 rings (SSSR count). The molecule has 46 heavy (non-hydrogen) atoms. The highest BCUT2D eigenvalue weighted by Gasteiger charge is 2.16. The van der Waals surface area contributed by atoms with Gasteiger partial charge in [-0.05, 0) is 24.7 Å². The molecule has 0 saturated carbocycles.